The Morgan fingerprint density at radius 3 is 2.40 bits per heavy atom. The number of rotatable bonds is 3. The minimum atomic E-state index is -0.179. The summed E-state index contributed by atoms with van der Waals surface area (Å²) in [6, 6.07) is 6.99. The van der Waals surface area contributed by atoms with Crippen molar-refractivity contribution in [2.75, 3.05) is 24.1 Å². The van der Waals surface area contributed by atoms with E-state index in [4.69, 9.17) is 10.5 Å². The van der Waals surface area contributed by atoms with Crippen LogP contribution in [0, 0.1) is 0 Å². The molecule has 3 N–H and O–H groups in total. The molecule has 1 heterocycles. The number of ether oxygens (including phenoxy) is 1. The average Bonchev–Trinajstić information content (AvgIpc) is 2.39. The molecule has 1 amide bonds. The predicted molar refractivity (Wildman–Crippen MR) is 80.5 cm³/mol. The number of hydrogen-bond acceptors (Lipinski definition) is 4. The maximum Gasteiger partial charge on any atom is 0.241 e. The first-order valence-electron chi connectivity index (χ1n) is 7.01. The van der Waals surface area contributed by atoms with Gasteiger partial charge in [-0.25, -0.2) is 0 Å². The summed E-state index contributed by atoms with van der Waals surface area (Å²) < 4.78 is 5.69. The summed E-state index contributed by atoms with van der Waals surface area (Å²) >= 11 is 0. The molecule has 0 aromatic heterocycles. The minimum absolute atomic E-state index is 0.00364. The lowest BCUT2D eigenvalue weighted by Crippen LogP contribution is -2.52. The number of carbonyl (C=O) groups excluding carboxylic acids is 1. The lowest BCUT2D eigenvalue weighted by atomic mass is 10.1. The standard InChI is InChI=1S/C15H23N3O2/c1-10-8-18(9-11(2)20-10)12(3)15(19)17-14-6-4-13(16)5-7-14/h4-7,10-12H,8-9,16H2,1-3H3,(H,17,19)/t10-,11+,12?. The predicted octanol–water partition coefficient (Wildman–Crippen LogP) is 1.71. The third-order valence-corrected chi connectivity index (χ3v) is 3.55. The van der Waals surface area contributed by atoms with Gasteiger partial charge in [0.2, 0.25) is 5.91 Å². The number of benzene rings is 1. The number of nitrogens with two attached hydrogens (primary N) is 1. The number of carbonyl (C=O) groups is 1. The van der Waals surface area contributed by atoms with Crippen molar-refractivity contribution in [2.45, 2.75) is 39.0 Å². The largest absolute Gasteiger partial charge is 0.399 e. The number of nitrogens with zero attached hydrogens (tertiary/aromatic N) is 1. The third-order valence-electron chi connectivity index (χ3n) is 3.55. The van der Waals surface area contributed by atoms with E-state index in [1.807, 2.05) is 32.9 Å². The van der Waals surface area contributed by atoms with E-state index in [0.29, 0.717) is 5.69 Å². The van der Waals surface area contributed by atoms with E-state index in [0.717, 1.165) is 18.8 Å². The number of amides is 1. The second-order valence-corrected chi connectivity index (χ2v) is 5.50. The summed E-state index contributed by atoms with van der Waals surface area (Å²) in [6.45, 7) is 7.55. The molecule has 0 spiro atoms. The van der Waals surface area contributed by atoms with Gasteiger partial charge < -0.3 is 15.8 Å². The van der Waals surface area contributed by atoms with Crippen molar-refractivity contribution in [2.24, 2.45) is 0 Å². The topological polar surface area (TPSA) is 67.6 Å². The smallest absolute Gasteiger partial charge is 0.241 e. The summed E-state index contributed by atoms with van der Waals surface area (Å²) in [5, 5.41) is 2.92. The number of anilines is 2. The Morgan fingerprint density at radius 2 is 1.85 bits per heavy atom. The molecular weight excluding hydrogens is 254 g/mol. The summed E-state index contributed by atoms with van der Waals surface area (Å²) in [6.07, 6.45) is 0.316. The Kier molecular flexibility index (Phi) is 4.62. The molecule has 1 aromatic rings. The van der Waals surface area contributed by atoms with E-state index in [1.54, 1.807) is 12.1 Å². The highest BCUT2D eigenvalue weighted by Crippen LogP contribution is 2.16. The molecule has 110 valence electrons. The molecule has 3 atom stereocenters. The zero-order valence-electron chi connectivity index (χ0n) is 12.3. The third kappa shape index (κ3) is 3.71. The van der Waals surface area contributed by atoms with Crippen molar-refractivity contribution in [3.63, 3.8) is 0 Å². The van der Waals surface area contributed by atoms with Crippen LogP contribution in [-0.2, 0) is 9.53 Å². The van der Waals surface area contributed by atoms with Gasteiger partial charge in [0.25, 0.3) is 0 Å². The van der Waals surface area contributed by atoms with Crippen LogP contribution in [0.5, 0.6) is 0 Å². The normalized spacial score (nSPS) is 25.1. The second-order valence-electron chi connectivity index (χ2n) is 5.50. The van der Waals surface area contributed by atoms with Gasteiger partial charge >= 0.3 is 0 Å². The Morgan fingerprint density at radius 1 is 1.30 bits per heavy atom. The van der Waals surface area contributed by atoms with Crippen LogP contribution in [0.4, 0.5) is 11.4 Å². The van der Waals surface area contributed by atoms with Crippen LogP contribution >= 0.6 is 0 Å². The molecule has 0 aliphatic carbocycles. The van der Waals surface area contributed by atoms with Crippen LogP contribution in [0.25, 0.3) is 0 Å². The number of morpholine rings is 1. The lowest BCUT2D eigenvalue weighted by Gasteiger charge is -2.38. The van der Waals surface area contributed by atoms with Gasteiger partial charge in [-0.3, -0.25) is 9.69 Å². The van der Waals surface area contributed by atoms with Gasteiger partial charge in [0.15, 0.2) is 0 Å². The summed E-state index contributed by atoms with van der Waals surface area (Å²) in [7, 11) is 0. The first-order valence-corrected chi connectivity index (χ1v) is 7.01. The number of nitrogens with one attached hydrogen (secondary N) is 1. The minimum Gasteiger partial charge on any atom is -0.399 e. The first-order chi connectivity index (χ1) is 9.45. The van der Waals surface area contributed by atoms with Gasteiger partial charge in [0.05, 0.1) is 18.2 Å². The molecule has 0 bridgehead atoms. The Balaban J connectivity index is 1.96. The van der Waals surface area contributed by atoms with Crippen molar-refractivity contribution in [1.29, 1.82) is 0 Å². The molecular formula is C15H23N3O2. The highest BCUT2D eigenvalue weighted by Gasteiger charge is 2.29. The van der Waals surface area contributed by atoms with E-state index in [2.05, 4.69) is 10.2 Å². The first kappa shape index (κ1) is 14.8. The lowest BCUT2D eigenvalue weighted by molar-refractivity contribution is -0.126. The van der Waals surface area contributed by atoms with Gasteiger partial charge in [-0.15, -0.1) is 0 Å². The van der Waals surface area contributed by atoms with Crippen molar-refractivity contribution >= 4 is 17.3 Å². The summed E-state index contributed by atoms with van der Waals surface area (Å²) in [4.78, 5) is 14.4. The Labute approximate surface area is 120 Å². The number of hydrogen-bond donors (Lipinski definition) is 2. The summed E-state index contributed by atoms with van der Waals surface area (Å²) in [5.41, 5.74) is 7.09. The zero-order chi connectivity index (χ0) is 14.7. The molecule has 0 radical (unpaired) electrons. The fourth-order valence-electron chi connectivity index (χ4n) is 2.51. The van der Waals surface area contributed by atoms with E-state index in [1.165, 1.54) is 0 Å². The van der Waals surface area contributed by atoms with Crippen LogP contribution in [0.15, 0.2) is 24.3 Å². The second kappa shape index (κ2) is 6.24. The molecule has 1 saturated heterocycles. The molecule has 1 fully saturated rings. The molecule has 1 aromatic carbocycles. The molecule has 20 heavy (non-hydrogen) atoms. The van der Waals surface area contributed by atoms with Gasteiger partial charge in [-0.1, -0.05) is 0 Å². The van der Waals surface area contributed by atoms with Crippen LogP contribution in [-0.4, -0.2) is 42.1 Å². The molecule has 2 rings (SSSR count). The van der Waals surface area contributed by atoms with Crippen molar-refractivity contribution in [1.82, 2.24) is 4.90 Å². The molecule has 0 saturated carbocycles. The molecule has 1 aliphatic heterocycles. The van der Waals surface area contributed by atoms with Gasteiger partial charge in [0.1, 0.15) is 0 Å². The Bertz CT molecular complexity index is 451. The molecule has 1 aliphatic rings. The van der Waals surface area contributed by atoms with Gasteiger partial charge in [-0.2, -0.15) is 0 Å². The summed E-state index contributed by atoms with van der Waals surface area (Å²) in [5.74, 6) is -0.00364. The Hall–Kier alpha value is -1.59. The van der Waals surface area contributed by atoms with Crippen LogP contribution in [0.2, 0.25) is 0 Å². The van der Waals surface area contributed by atoms with E-state index in [-0.39, 0.29) is 24.2 Å². The van der Waals surface area contributed by atoms with E-state index < -0.39 is 0 Å². The van der Waals surface area contributed by atoms with Crippen LogP contribution in [0.3, 0.4) is 0 Å². The fourth-order valence-corrected chi connectivity index (χ4v) is 2.51. The van der Waals surface area contributed by atoms with Crippen LogP contribution < -0.4 is 11.1 Å². The van der Waals surface area contributed by atoms with Crippen molar-refractivity contribution < 1.29 is 9.53 Å². The average molecular weight is 277 g/mol. The maximum atomic E-state index is 12.3. The van der Waals surface area contributed by atoms with Crippen molar-refractivity contribution in [3.8, 4) is 0 Å². The molecule has 5 nitrogen and oxygen atoms in total. The highest BCUT2D eigenvalue weighted by molar-refractivity contribution is 5.94. The van der Waals surface area contributed by atoms with E-state index in [9.17, 15) is 4.79 Å². The van der Waals surface area contributed by atoms with E-state index >= 15 is 0 Å². The maximum absolute atomic E-state index is 12.3. The highest BCUT2D eigenvalue weighted by atomic mass is 16.5. The van der Waals surface area contributed by atoms with Gasteiger partial charge in [0, 0.05) is 24.5 Å². The number of nitrogen functional groups attached to an aromatic ring is 1. The quantitative estimate of drug-likeness (QED) is 0.825. The van der Waals surface area contributed by atoms with Crippen molar-refractivity contribution in [3.05, 3.63) is 24.3 Å². The molecule has 1 unspecified atom stereocenters. The molecule has 5 heteroatoms. The fraction of sp³-hybridized carbons (Fsp3) is 0.533. The zero-order valence-corrected chi connectivity index (χ0v) is 12.3. The SMILES string of the molecule is CC(C(=O)Nc1ccc(N)cc1)N1C[C@@H](C)O[C@@H](C)C1. The van der Waals surface area contributed by atoms with Gasteiger partial charge in [-0.05, 0) is 45.0 Å². The monoisotopic (exact) mass is 277 g/mol. The van der Waals surface area contributed by atoms with Crippen LogP contribution in [0.1, 0.15) is 20.8 Å².